The number of ether oxygens (including phenoxy) is 1. The molecule has 0 spiro atoms. The van der Waals surface area contributed by atoms with E-state index in [0.29, 0.717) is 30.4 Å². The van der Waals surface area contributed by atoms with Crippen LogP contribution in [0.5, 0.6) is 0 Å². The lowest BCUT2D eigenvalue weighted by Gasteiger charge is -2.36. The number of halogens is 3. The van der Waals surface area contributed by atoms with Gasteiger partial charge in [-0.2, -0.15) is 13.2 Å². The van der Waals surface area contributed by atoms with E-state index in [9.17, 15) is 22.8 Å². The molecule has 168 valence electrons. The number of benzene rings is 1. The maximum absolute atomic E-state index is 12.8. The molecular weight excluding hydrogens is 397 g/mol. The Labute approximate surface area is 176 Å². The molecule has 0 unspecified atom stereocenters. The number of hydrogen-bond donors (Lipinski definition) is 1. The Hall–Kier alpha value is -2.09. The molecule has 1 saturated heterocycles. The minimum atomic E-state index is -4.38. The predicted octanol–water partition coefficient (Wildman–Crippen LogP) is 4.16. The molecule has 0 aromatic heterocycles. The zero-order chi connectivity index (χ0) is 22.1. The summed E-state index contributed by atoms with van der Waals surface area (Å²) in [7, 11) is 1.40. The average molecular weight is 428 g/mol. The number of alkyl halides is 3. The van der Waals surface area contributed by atoms with Gasteiger partial charge in [0.1, 0.15) is 0 Å². The van der Waals surface area contributed by atoms with E-state index in [4.69, 9.17) is 0 Å². The second-order valence-corrected chi connectivity index (χ2v) is 7.96. The Balaban J connectivity index is 1.66. The Morgan fingerprint density at radius 2 is 1.93 bits per heavy atom. The van der Waals surface area contributed by atoms with Crippen molar-refractivity contribution in [3.05, 3.63) is 35.4 Å². The van der Waals surface area contributed by atoms with Crippen molar-refractivity contribution in [1.29, 1.82) is 0 Å². The zero-order valence-electron chi connectivity index (χ0n) is 17.6. The number of likely N-dealkylation sites (tertiary alicyclic amines) is 1. The number of nitrogens with zero attached hydrogens (tertiary/aromatic N) is 1. The number of rotatable bonds is 9. The van der Waals surface area contributed by atoms with Gasteiger partial charge in [-0.25, -0.2) is 0 Å². The van der Waals surface area contributed by atoms with E-state index in [2.05, 4.69) is 21.9 Å². The summed E-state index contributed by atoms with van der Waals surface area (Å²) in [4.78, 5) is 25.7. The van der Waals surface area contributed by atoms with Crippen molar-refractivity contribution in [3.8, 4) is 0 Å². The van der Waals surface area contributed by atoms with Crippen LogP contribution in [-0.4, -0.2) is 43.0 Å². The first kappa shape index (κ1) is 24.2. The minimum absolute atomic E-state index is 0.0961. The van der Waals surface area contributed by atoms with Crippen LogP contribution in [0.25, 0.3) is 0 Å². The van der Waals surface area contributed by atoms with Crippen LogP contribution in [0.15, 0.2) is 24.3 Å². The first-order valence-corrected chi connectivity index (χ1v) is 10.4. The molecular formula is C22H31F3N2O3. The molecule has 1 aromatic rings. The van der Waals surface area contributed by atoms with Gasteiger partial charge in [0.2, 0.25) is 5.91 Å². The highest BCUT2D eigenvalue weighted by molar-refractivity contribution is 5.75. The molecule has 1 atom stereocenters. The Bertz CT molecular complexity index is 701. The summed E-state index contributed by atoms with van der Waals surface area (Å²) in [6.07, 6.45) is -0.0299. The lowest BCUT2D eigenvalue weighted by molar-refractivity contribution is -0.141. The lowest BCUT2D eigenvalue weighted by atomic mass is 9.91. The molecule has 1 aliphatic heterocycles. The van der Waals surface area contributed by atoms with Crippen LogP contribution in [0.3, 0.4) is 0 Å². The minimum Gasteiger partial charge on any atom is -0.469 e. The second-order valence-electron chi connectivity index (χ2n) is 7.96. The maximum Gasteiger partial charge on any atom is 0.416 e. The third kappa shape index (κ3) is 7.97. The molecule has 1 N–H and O–H groups in total. The third-order valence-corrected chi connectivity index (χ3v) is 5.79. The number of nitrogens with one attached hydrogen (secondary N) is 1. The van der Waals surface area contributed by atoms with Crippen molar-refractivity contribution in [2.24, 2.45) is 5.92 Å². The van der Waals surface area contributed by atoms with Crippen LogP contribution in [0.4, 0.5) is 13.2 Å². The molecule has 2 rings (SSSR count). The number of carbonyl (C=O) groups excluding carboxylic acids is 2. The van der Waals surface area contributed by atoms with Gasteiger partial charge in [-0.1, -0.05) is 12.1 Å². The molecule has 1 amide bonds. The van der Waals surface area contributed by atoms with Crippen LogP contribution in [0.1, 0.15) is 56.6 Å². The number of amides is 1. The van der Waals surface area contributed by atoms with E-state index in [0.717, 1.165) is 50.9 Å². The van der Waals surface area contributed by atoms with Gasteiger partial charge >= 0.3 is 12.1 Å². The second kappa shape index (κ2) is 11.3. The van der Waals surface area contributed by atoms with Gasteiger partial charge in [0.15, 0.2) is 0 Å². The van der Waals surface area contributed by atoms with Crippen molar-refractivity contribution < 1.29 is 27.5 Å². The van der Waals surface area contributed by atoms with E-state index in [1.54, 1.807) is 6.07 Å². The molecule has 30 heavy (non-hydrogen) atoms. The van der Waals surface area contributed by atoms with Gasteiger partial charge in [0.25, 0.3) is 0 Å². The maximum atomic E-state index is 12.8. The molecule has 0 saturated carbocycles. The summed E-state index contributed by atoms with van der Waals surface area (Å²) in [6, 6.07) is 5.34. The Morgan fingerprint density at radius 3 is 2.57 bits per heavy atom. The van der Waals surface area contributed by atoms with Crippen LogP contribution < -0.4 is 5.32 Å². The molecule has 1 aromatic carbocycles. The summed E-state index contributed by atoms with van der Waals surface area (Å²) in [5, 5.41) is 2.72. The smallest absolute Gasteiger partial charge is 0.416 e. The van der Waals surface area contributed by atoms with E-state index >= 15 is 0 Å². The van der Waals surface area contributed by atoms with Gasteiger partial charge < -0.3 is 15.0 Å². The van der Waals surface area contributed by atoms with Crippen LogP contribution >= 0.6 is 0 Å². The van der Waals surface area contributed by atoms with Gasteiger partial charge in [-0.15, -0.1) is 0 Å². The first-order valence-electron chi connectivity index (χ1n) is 10.4. The number of carbonyl (C=O) groups is 2. The normalized spacial score (nSPS) is 16.8. The molecule has 0 bridgehead atoms. The van der Waals surface area contributed by atoms with Crippen LogP contribution in [0.2, 0.25) is 0 Å². The summed E-state index contributed by atoms with van der Waals surface area (Å²) in [6.45, 7) is 4.10. The highest BCUT2D eigenvalue weighted by atomic mass is 19.4. The molecule has 1 fully saturated rings. The van der Waals surface area contributed by atoms with Gasteiger partial charge in [0, 0.05) is 25.4 Å². The molecule has 5 nitrogen and oxygen atoms in total. The van der Waals surface area contributed by atoms with E-state index in [1.165, 1.54) is 13.2 Å². The van der Waals surface area contributed by atoms with Crippen LogP contribution in [0, 0.1) is 5.92 Å². The van der Waals surface area contributed by atoms with Gasteiger partial charge in [-0.3, -0.25) is 9.59 Å². The predicted molar refractivity (Wildman–Crippen MR) is 108 cm³/mol. The van der Waals surface area contributed by atoms with Gasteiger partial charge in [0.05, 0.1) is 12.7 Å². The Morgan fingerprint density at radius 1 is 1.23 bits per heavy atom. The Kier molecular flexibility index (Phi) is 9.14. The van der Waals surface area contributed by atoms with Crippen molar-refractivity contribution >= 4 is 11.9 Å². The topological polar surface area (TPSA) is 58.6 Å². The van der Waals surface area contributed by atoms with Crippen molar-refractivity contribution in [1.82, 2.24) is 10.2 Å². The molecule has 1 heterocycles. The molecule has 1 aliphatic rings. The quantitative estimate of drug-likeness (QED) is 0.600. The first-order chi connectivity index (χ1) is 14.2. The standard InChI is InChI=1S/C22H31F3N2O3/c1-16(6-9-21(29)30-2)27-12-10-17(11-13-27)7-8-20(28)26-15-18-4-3-5-19(14-18)22(23,24)25/h3-5,14,16-17H,6-13,15H2,1-2H3,(H,26,28)/t16-/m0/s1. The monoisotopic (exact) mass is 428 g/mol. The highest BCUT2D eigenvalue weighted by Gasteiger charge is 2.30. The third-order valence-electron chi connectivity index (χ3n) is 5.79. The van der Waals surface area contributed by atoms with Gasteiger partial charge in [-0.05, 0) is 69.3 Å². The summed E-state index contributed by atoms with van der Waals surface area (Å²) < 4.78 is 42.9. The SMILES string of the molecule is COC(=O)CC[C@H](C)N1CCC(CCC(=O)NCc2cccc(C(F)(F)F)c2)CC1. The number of hydrogen-bond acceptors (Lipinski definition) is 4. The van der Waals surface area contributed by atoms with E-state index in [-0.39, 0.29) is 18.4 Å². The van der Waals surface area contributed by atoms with Crippen molar-refractivity contribution in [2.75, 3.05) is 20.2 Å². The average Bonchev–Trinajstić information content (AvgIpc) is 2.74. The summed E-state index contributed by atoms with van der Waals surface area (Å²) >= 11 is 0. The summed E-state index contributed by atoms with van der Waals surface area (Å²) in [5.74, 6) is 0.141. The molecule has 8 heteroatoms. The van der Waals surface area contributed by atoms with Crippen molar-refractivity contribution in [2.45, 2.75) is 64.2 Å². The number of piperidine rings is 1. The highest BCUT2D eigenvalue weighted by Crippen LogP contribution is 2.29. The van der Waals surface area contributed by atoms with Crippen LogP contribution in [-0.2, 0) is 27.0 Å². The fourth-order valence-electron chi connectivity index (χ4n) is 3.78. The van der Waals surface area contributed by atoms with Crippen molar-refractivity contribution in [3.63, 3.8) is 0 Å². The molecule has 0 radical (unpaired) electrons. The molecule has 0 aliphatic carbocycles. The largest absolute Gasteiger partial charge is 0.469 e. The van der Waals surface area contributed by atoms with E-state index in [1.807, 2.05) is 0 Å². The number of esters is 1. The summed E-state index contributed by atoms with van der Waals surface area (Å²) in [5.41, 5.74) is -0.269. The fourth-order valence-corrected chi connectivity index (χ4v) is 3.78. The zero-order valence-corrected chi connectivity index (χ0v) is 17.6. The lowest BCUT2D eigenvalue weighted by Crippen LogP contribution is -2.40. The van der Waals surface area contributed by atoms with E-state index < -0.39 is 11.7 Å². The number of methoxy groups -OCH3 is 1. The fraction of sp³-hybridized carbons (Fsp3) is 0.636.